The zero-order valence-electron chi connectivity index (χ0n) is 9.41. The van der Waals surface area contributed by atoms with Crippen LogP contribution in [0.4, 0.5) is 0 Å². The maximum Gasteiger partial charge on any atom is 0.147 e. The third-order valence-electron chi connectivity index (χ3n) is 3.48. The second kappa shape index (κ2) is 5.62. The third-order valence-corrected chi connectivity index (χ3v) is 6.78. The SMILES string of the molecule is CCC1SCCSC1C(=O)CC1CCC1. The number of carbonyl (C=O) groups is 1. The molecule has 2 rings (SSSR count). The lowest BCUT2D eigenvalue weighted by molar-refractivity contribution is -0.120. The number of carbonyl (C=O) groups excluding carboxylic acids is 1. The van der Waals surface area contributed by atoms with E-state index in [9.17, 15) is 4.79 Å². The first-order valence-electron chi connectivity index (χ1n) is 6.07. The Morgan fingerprint density at radius 3 is 2.60 bits per heavy atom. The van der Waals surface area contributed by atoms with Crippen molar-refractivity contribution in [2.75, 3.05) is 11.5 Å². The highest BCUT2D eigenvalue weighted by Crippen LogP contribution is 2.37. The monoisotopic (exact) mass is 244 g/mol. The first-order valence-corrected chi connectivity index (χ1v) is 8.17. The summed E-state index contributed by atoms with van der Waals surface area (Å²) in [6.45, 7) is 2.22. The summed E-state index contributed by atoms with van der Waals surface area (Å²) in [5.41, 5.74) is 0. The minimum absolute atomic E-state index is 0.314. The minimum Gasteiger partial charge on any atom is -0.298 e. The summed E-state index contributed by atoms with van der Waals surface area (Å²) in [6, 6.07) is 0. The number of Topliss-reactive ketones (excluding diaryl/α,β-unsaturated/α-hetero) is 1. The fourth-order valence-corrected chi connectivity index (χ4v) is 5.35. The maximum atomic E-state index is 12.1. The van der Waals surface area contributed by atoms with Gasteiger partial charge in [0, 0.05) is 23.2 Å². The van der Waals surface area contributed by atoms with Gasteiger partial charge in [0.1, 0.15) is 5.78 Å². The van der Waals surface area contributed by atoms with E-state index in [2.05, 4.69) is 6.92 Å². The van der Waals surface area contributed by atoms with Crippen LogP contribution in [0.15, 0.2) is 0 Å². The summed E-state index contributed by atoms with van der Waals surface area (Å²) < 4.78 is 0. The molecule has 0 bridgehead atoms. The van der Waals surface area contributed by atoms with Crippen LogP contribution in [0.3, 0.4) is 0 Å². The minimum atomic E-state index is 0.314. The zero-order chi connectivity index (χ0) is 10.7. The van der Waals surface area contributed by atoms with Crippen molar-refractivity contribution in [3.8, 4) is 0 Å². The Hall–Kier alpha value is 0.370. The number of rotatable bonds is 4. The molecule has 2 atom stereocenters. The van der Waals surface area contributed by atoms with Gasteiger partial charge >= 0.3 is 0 Å². The van der Waals surface area contributed by atoms with Crippen molar-refractivity contribution in [3.05, 3.63) is 0 Å². The van der Waals surface area contributed by atoms with Crippen LogP contribution in [0.5, 0.6) is 0 Å². The molecule has 2 fully saturated rings. The Morgan fingerprint density at radius 2 is 2.00 bits per heavy atom. The van der Waals surface area contributed by atoms with Gasteiger partial charge < -0.3 is 0 Å². The molecule has 0 aromatic heterocycles. The van der Waals surface area contributed by atoms with Crippen LogP contribution in [-0.2, 0) is 4.79 Å². The van der Waals surface area contributed by atoms with Gasteiger partial charge in [-0.15, -0.1) is 11.8 Å². The lowest BCUT2D eigenvalue weighted by Gasteiger charge is -2.31. The Morgan fingerprint density at radius 1 is 1.27 bits per heavy atom. The summed E-state index contributed by atoms with van der Waals surface area (Å²) >= 11 is 3.92. The van der Waals surface area contributed by atoms with E-state index >= 15 is 0 Å². The second-order valence-corrected chi connectivity index (χ2v) is 7.17. The molecule has 2 aliphatic rings. The van der Waals surface area contributed by atoms with Crippen molar-refractivity contribution in [2.45, 2.75) is 49.5 Å². The molecule has 1 saturated heterocycles. The van der Waals surface area contributed by atoms with Gasteiger partial charge in [0.15, 0.2) is 0 Å². The van der Waals surface area contributed by atoms with Crippen molar-refractivity contribution in [1.29, 1.82) is 0 Å². The van der Waals surface area contributed by atoms with Crippen LogP contribution in [0, 0.1) is 5.92 Å². The average Bonchev–Trinajstić information content (AvgIpc) is 2.23. The van der Waals surface area contributed by atoms with Gasteiger partial charge in [0.05, 0.1) is 5.25 Å². The van der Waals surface area contributed by atoms with E-state index in [-0.39, 0.29) is 0 Å². The van der Waals surface area contributed by atoms with E-state index in [0.717, 1.165) is 18.8 Å². The highest BCUT2D eigenvalue weighted by Gasteiger charge is 2.32. The highest BCUT2D eigenvalue weighted by atomic mass is 32.2. The number of hydrogen-bond donors (Lipinski definition) is 0. The molecule has 2 unspecified atom stereocenters. The molecule has 15 heavy (non-hydrogen) atoms. The third kappa shape index (κ3) is 2.94. The van der Waals surface area contributed by atoms with Gasteiger partial charge in [-0.25, -0.2) is 0 Å². The van der Waals surface area contributed by atoms with Crippen molar-refractivity contribution in [3.63, 3.8) is 0 Å². The largest absolute Gasteiger partial charge is 0.298 e. The molecular formula is C12H20OS2. The average molecular weight is 244 g/mol. The lowest BCUT2D eigenvalue weighted by Crippen LogP contribution is -2.34. The number of ketones is 1. The molecule has 0 radical (unpaired) electrons. The standard InChI is InChI=1S/C12H20OS2/c1-2-11-12(15-7-6-14-11)10(13)8-9-4-3-5-9/h9,11-12H,2-8H2,1H3. The molecule has 1 saturated carbocycles. The summed E-state index contributed by atoms with van der Waals surface area (Å²) in [4.78, 5) is 12.1. The van der Waals surface area contributed by atoms with Gasteiger partial charge in [-0.2, -0.15) is 11.8 Å². The van der Waals surface area contributed by atoms with E-state index in [4.69, 9.17) is 0 Å². The molecular weight excluding hydrogens is 224 g/mol. The fraction of sp³-hybridized carbons (Fsp3) is 0.917. The van der Waals surface area contributed by atoms with Gasteiger partial charge in [0.25, 0.3) is 0 Å². The molecule has 1 aliphatic carbocycles. The molecule has 3 heteroatoms. The molecule has 86 valence electrons. The molecule has 1 nitrogen and oxygen atoms in total. The molecule has 0 N–H and O–H groups in total. The van der Waals surface area contributed by atoms with E-state index in [1.807, 2.05) is 23.5 Å². The van der Waals surface area contributed by atoms with Crippen molar-refractivity contribution >= 4 is 29.3 Å². The van der Waals surface area contributed by atoms with Crippen LogP contribution in [0.1, 0.15) is 39.0 Å². The predicted octanol–water partition coefficient (Wildman–Crippen LogP) is 3.37. The first kappa shape index (κ1) is 11.8. The summed E-state index contributed by atoms with van der Waals surface area (Å²) in [5.74, 6) is 3.69. The Bertz CT molecular complexity index is 226. The predicted molar refractivity (Wildman–Crippen MR) is 69.7 cm³/mol. The smallest absolute Gasteiger partial charge is 0.147 e. The normalized spacial score (nSPS) is 32.3. The highest BCUT2D eigenvalue weighted by molar-refractivity contribution is 8.07. The Kier molecular flexibility index (Phi) is 4.44. The topological polar surface area (TPSA) is 17.1 Å². The van der Waals surface area contributed by atoms with Crippen LogP contribution in [0.25, 0.3) is 0 Å². The molecule has 0 aromatic carbocycles. The zero-order valence-corrected chi connectivity index (χ0v) is 11.0. The van der Waals surface area contributed by atoms with E-state index in [1.165, 1.54) is 30.8 Å². The number of hydrogen-bond acceptors (Lipinski definition) is 3. The van der Waals surface area contributed by atoms with E-state index < -0.39 is 0 Å². The fourth-order valence-electron chi connectivity index (χ4n) is 2.30. The van der Waals surface area contributed by atoms with Gasteiger partial charge in [0.2, 0.25) is 0 Å². The Balaban J connectivity index is 1.85. The van der Waals surface area contributed by atoms with Gasteiger partial charge in [-0.3, -0.25) is 4.79 Å². The summed E-state index contributed by atoms with van der Waals surface area (Å²) in [5, 5.41) is 0.908. The van der Waals surface area contributed by atoms with Gasteiger partial charge in [-0.05, 0) is 12.3 Å². The molecule has 1 aliphatic heterocycles. The molecule has 0 aromatic rings. The van der Waals surface area contributed by atoms with Crippen molar-refractivity contribution in [2.24, 2.45) is 5.92 Å². The van der Waals surface area contributed by atoms with Crippen LogP contribution < -0.4 is 0 Å². The van der Waals surface area contributed by atoms with Crippen LogP contribution in [0.2, 0.25) is 0 Å². The van der Waals surface area contributed by atoms with Crippen LogP contribution in [-0.4, -0.2) is 27.8 Å². The second-order valence-electron chi connectivity index (χ2n) is 4.58. The van der Waals surface area contributed by atoms with Crippen LogP contribution >= 0.6 is 23.5 Å². The first-order chi connectivity index (χ1) is 7.31. The lowest BCUT2D eigenvalue weighted by atomic mass is 9.81. The molecule has 1 heterocycles. The number of thioether (sulfide) groups is 2. The summed E-state index contributed by atoms with van der Waals surface area (Å²) in [7, 11) is 0. The maximum absolute atomic E-state index is 12.1. The Labute approximate surface area is 101 Å². The van der Waals surface area contributed by atoms with E-state index in [0.29, 0.717) is 16.3 Å². The van der Waals surface area contributed by atoms with E-state index in [1.54, 1.807) is 0 Å². The molecule has 0 spiro atoms. The molecule has 0 amide bonds. The quantitative estimate of drug-likeness (QED) is 0.755. The summed E-state index contributed by atoms with van der Waals surface area (Å²) in [6.07, 6.45) is 5.97. The van der Waals surface area contributed by atoms with Gasteiger partial charge in [-0.1, -0.05) is 26.2 Å². The van der Waals surface area contributed by atoms with Crippen molar-refractivity contribution < 1.29 is 4.79 Å². The van der Waals surface area contributed by atoms with Crippen molar-refractivity contribution in [1.82, 2.24) is 0 Å².